The van der Waals surface area contributed by atoms with Gasteiger partial charge in [0.15, 0.2) is 5.78 Å². The minimum Gasteiger partial charge on any atom is -0.396 e. The first-order valence-corrected chi connectivity index (χ1v) is 7.85. The molecule has 0 atom stereocenters. The van der Waals surface area contributed by atoms with Gasteiger partial charge in [-0.3, -0.25) is 4.79 Å². The molecule has 0 saturated heterocycles. The molecule has 108 valence electrons. The van der Waals surface area contributed by atoms with Gasteiger partial charge >= 0.3 is 0 Å². The zero-order chi connectivity index (χ0) is 14.9. The fourth-order valence-corrected chi connectivity index (χ4v) is 3.25. The van der Waals surface area contributed by atoms with E-state index in [4.69, 9.17) is 5.73 Å². The molecule has 5 heteroatoms. The molecule has 0 aliphatic heterocycles. The number of rotatable bonds is 6. The maximum Gasteiger partial charge on any atom is 0.178 e. The molecule has 0 radical (unpaired) electrons. The van der Waals surface area contributed by atoms with Gasteiger partial charge < -0.3 is 10.6 Å². The largest absolute Gasteiger partial charge is 0.396 e. The Morgan fingerprint density at radius 1 is 1.55 bits per heavy atom. The molecule has 1 aromatic rings. The van der Waals surface area contributed by atoms with Crippen molar-refractivity contribution in [3.63, 3.8) is 0 Å². The van der Waals surface area contributed by atoms with Crippen molar-refractivity contribution in [1.29, 1.82) is 5.26 Å². The van der Waals surface area contributed by atoms with Crippen LogP contribution in [0.3, 0.4) is 0 Å². The number of hydrogen-bond donors (Lipinski definition) is 1. The Hall–Kier alpha value is -1.54. The number of nitrogen functional groups attached to an aromatic ring is 1. The molecule has 4 nitrogen and oxygen atoms in total. The van der Waals surface area contributed by atoms with E-state index in [0.29, 0.717) is 22.0 Å². The quantitative estimate of drug-likeness (QED) is 0.817. The molecule has 1 saturated carbocycles. The van der Waals surface area contributed by atoms with Gasteiger partial charge in [0.25, 0.3) is 0 Å². The molecule has 1 heterocycles. The average Bonchev–Trinajstić information content (AvgIpc) is 3.19. The topological polar surface area (TPSA) is 70.1 Å². The van der Waals surface area contributed by atoms with Crippen LogP contribution in [0.15, 0.2) is 0 Å². The second-order valence-corrected chi connectivity index (χ2v) is 6.88. The smallest absolute Gasteiger partial charge is 0.178 e. The SMILES string of the molecule is CC(C)CCN(C)c1sc(C(=O)C2CC2)c(N)c1C#N. The number of Topliss-reactive ketones (excluding diaryl/α,β-unsaturated/α-hetero) is 1. The lowest BCUT2D eigenvalue weighted by molar-refractivity contribution is 0.0972. The molecule has 1 aromatic heterocycles. The highest BCUT2D eigenvalue weighted by molar-refractivity contribution is 7.19. The average molecular weight is 291 g/mol. The molecule has 20 heavy (non-hydrogen) atoms. The molecule has 1 aliphatic rings. The number of nitriles is 1. The monoisotopic (exact) mass is 291 g/mol. The molecule has 0 spiro atoms. The van der Waals surface area contributed by atoms with E-state index in [0.717, 1.165) is 30.8 Å². The Morgan fingerprint density at radius 2 is 2.20 bits per heavy atom. The Labute approximate surface area is 124 Å². The summed E-state index contributed by atoms with van der Waals surface area (Å²) in [7, 11) is 1.96. The van der Waals surface area contributed by atoms with Crippen molar-refractivity contribution < 1.29 is 4.79 Å². The standard InChI is InChI=1S/C15H21N3OS/c1-9(2)6-7-18(3)15-11(8-16)12(17)14(20-15)13(19)10-4-5-10/h9-10H,4-7,17H2,1-3H3. The molecule has 2 rings (SSSR count). The van der Waals surface area contributed by atoms with Crippen LogP contribution < -0.4 is 10.6 Å². The lowest BCUT2D eigenvalue weighted by Gasteiger charge is -2.18. The van der Waals surface area contributed by atoms with E-state index in [2.05, 4.69) is 19.9 Å². The second-order valence-electron chi connectivity index (χ2n) is 5.88. The third kappa shape index (κ3) is 2.96. The number of carbonyl (C=O) groups is 1. The van der Waals surface area contributed by atoms with Gasteiger partial charge in [-0.25, -0.2) is 0 Å². The highest BCUT2D eigenvalue weighted by atomic mass is 32.1. The Bertz CT molecular complexity index is 552. The predicted molar refractivity (Wildman–Crippen MR) is 83.2 cm³/mol. The molecule has 0 aromatic carbocycles. The first-order valence-electron chi connectivity index (χ1n) is 7.03. The molecule has 1 fully saturated rings. The van der Waals surface area contributed by atoms with Crippen molar-refractivity contribution in [3.8, 4) is 6.07 Å². The highest BCUT2D eigenvalue weighted by Gasteiger charge is 2.34. The van der Waals surface area contributed by atoms with Crippen LogP contribution in [0, 0.1) is 23.2 Å². The van der Waals surface area contributed by atoms with Gasteiger partial charge in [-0.2, -0.15) is 5.26 Å². The van der Waals surface area contributed by atoms with Crippen molar-refractivity contribution in [2.75, 3.05) is 24.2 Å². The van der Waals surface area contributed by atoms with E-state index < -0.39 is 0 Å². The van der Waals surface area contributed by atoms with Crippen LogP contribution in [0.5, 0.6) is 0 Å². The molecule has 1 aliphatic carbocycles. The van der Waals surface area contributed by atoms with Crippen LogP contribution in [0.25, 0.3) is 0 Å². The Morgan fingerprint density at radius 3 is 2.70 bits per heavy atom. The van der Waals surface area contributed by atoms with Crippen LogP contribution in [-0.4, -0.2) is 19.4 Å². The van der Waals surface area contributed by atoms with E-state index in [1.165, 1.54) is 11.3 Å². The van der Waals surface area contributed by atoms with Crippen LogP contribution in [0.1, 0.15) is 48.3 Å². The van der Waals surface area contributed by atoms with Gasteiger partial charge in [0.05, 0.1) is 10.6 Å². The maximum absolute atomic E-state index is 12.2. The number of nitrogens with zero attached hydrogens (tertiary/aromatic N) is 2. The van der Waals surface area contributed by atoms with Crippen molar-refractivity contribution in [1.82, 2.24) is 0 Å². The van der Waals surface area contributed by atoms with Crippen molar-refractivity contribution >= 4 is 27.8 Å². The summed E-state index contributed by atoms with van der Waals surface area (Å²) in [5, 5.41) is 10.1. The van der Waals surface area contributed by atoms with E-state index in [1.807, 2.05) is 11.9 Å². The minimum absolute atomic E-state index is 0.118. The van der Waals surface area contributed by atoms with Crippen molar-refractivity contribution in [2.24, 2.45) is 11.8 Å². The zero-order valence-corrected chi connectivity index (χ0v) is 13.1. The van der Waals surface area contributed by atoms with Crippen molar-refractivity contribution in [2.45, 2.75) is 33.1 Å². The number of carbonyl (C=O) groups excluding carboxylic acids is 1. The molecule has 0 amide bonds. The third-order valence-corrected chi connectivity index (χ3v) is 4.93. The highest BCUT2D eigenvalue weighted by Crippen LogP contribution is 2.42. The second kappa shape index (κ2) is 5.84. The van der Waals surface area contributed by atoms with Gasteiger partial charge in [0.1, 0.15) is 16.6 Å². The summed E-state index contributed by atoms with van der Waals surface area (Å²) >= 11 is 1.38. The normalized spacial score (nSPS) is 14.3. The Balaban J connectivity index is 2.26. The van der Waals surface area contributed by atoms with E-state index >= 15 is 0 Å². The summed E-state index contributed by atoms with van der Waals surface area (Å²) < 4.78 is 0. The minimum atomic E-state index is 0.118. The first kappa shape index (κ1) is 14.9. The van der Waals surface area contributed by atoms with Crippen LogP contribution in [-0.2, 0) is 0 Å². The fourth-order valence-electron chi connectivity index (χ4n) is 2.08. The lowest BCUT2D eigenvalue weighted by Crippen LogP contribution is -2.19. The predicted octanol–water partition coefficient (Wildman–Crippen LogP) is 3.28. The zero-order valence-electron chi connectivity index (χ0n) is 12.3. The van der Waals surface area contributed by atoms with E-state index in [-0.39, 0.29) is 11.7 Å². The molecule has 0 unspecified atom stereocenters. The molecule has 0 bridgehead atoms. The summed E-state index contributed by atoms with van der Waals surface area (Å²) in [6, 6.07) is 2.16. The van der Waals surface area contributed by atoms with Gasteiger partial charge in [-0.15, -0.1) is 11.3 Å². The number of nitrogens with two attached hydrogens (primary N) is 1. The maximum atomic E-state index is 12.2. The van der Waals surface area contributed by atoms with E-state index in [9.17, 15) is 10.1 Å². The summed E-state index contributed by atoms with van der Waals surface area (Å²) in [5.74, 6) is 0.858. The fraction of sp³-hybridized carbons (Fsp3) is 0.600. The lowest BCUT2D eigenvalue weighted by atomic mass is 10.1. The number of hydrogen-bond acceptors (Lipinski definition) is 5. The van der Waals surface area contributed by atoms with Gasteiger partial charge in [-0.1, -0.05) is 13.8 Å². The van der Waals surface area contributed by atoms with E-state index in [1.54, 1.807) is 0 Å². The number of thiophene rings is 1. The van der Waals surface area contributed by atoms with Gasteiger partial charge in [-0.05, 0) is 25.2 Å². The van der Waals surface area contributed by atoms with Gasteiger partial charge in [0.2, 0.25) is 0 Å². The molecule has 2 N–H and O–H groups in total. The van der Waals surface area contributed by atoms with Crippen LogP contribution in [0.4, 0.5) is 10.7 Å². The summed E-state index contributed by atoms with van der Waals surface area (Å²) in [6.45, 7) is 5.21. The number of anilines is 2. The summed E-state index contributed by atoms with van der Waals surface area (Å²) in [5.41, 5.74) is 6.85. The molecular formula is C15H21N3OS. The van der Waals surface area contributed by atoms with Crippen molar-refractivity contribution in [3.05, 3.63) is 10.4 Å². The van der Waals surface area contributed by atoms with Gasteiger partial charge in [0, 0.05) is 19.5 Å². The summed E-state index contributed by atoms with van der Waals surface area (Å²) in [4.78, 5) is 14.8. The number of ketones is 1. The summed E-state index contributed by atoms with van der Waals surface area (Å²) in [6.07, 6.45) is 2.96. The molecular weight excluding hydrogens is 270 g/mol. The third-order valence-electron chi connectivity index (χ3n) is 3.60. The Kier molecular flexibility index (Phi) is 4.34. The van der Waals surface area contributed by atoms with Crippen LogP contribution >= 0.6 is 11.3 Å². The first-order chi connectivity index (χ1) is 9.45. The van der Waals surface area contributed by atoms with Crippen LogP contribution in [0.2, 0.25) is 0 Å².